The largest absolute Gasteiger partial charge is 0.371 e. The average molecular weight is 333 g/mol. The fourth-order valence-corrected chi connectivity index (χ4v) is 1.64. The predicted octanol–water partition coefficient (Wildman–Crippen LogP) is -0.216. The number of hydrazine groups is 1. The van der Waals surface area contributed by atoms with Gasteiger partial charge in [0.05, 0.1) is 0 Å². The van der Waals surface area contributed by atoms with Crippen LogP contribution < -0.4 is 16.2 Å². The molecule has 0 saturated carbocycles. The molecule has 84 valence electrons. The summed E-state index contributed by atoms with van der Waals surface area (Å²) in [4.78, 5) is 21.9. The van der Waals surface area contributed by atoms with Gasteiger partial charge < -0.3 is 4.84 Å². The van der Waals surface area contributed by atoms with Gasteiger partial charge in [0.2, 0.25) is 5.84 Å². The number of nitrogens with one attached hydrogen (secondary N) is 1. The van der Waals surface area contributed by atoms with E-state index >= 15 is 0 Å². The molecule has 1 aliphatic heterocycles. The van der Waals surface area contributed by atoms with Crippen LogP contribution >= 0.6 is 22.6 Å². The number of halogens is 1. The first-order valence-electron chi connectivity index (χ1n) is 4.32. The van der Waals surface area contributed by atoms with Crippen molar-refractivity contribution in [3.8, 4) is 0 Å². The fourth-order valence-electron chi connectivity index (χ4n) is 1.20. The monoisotopic (exact) mass is 333 g/mol. The third kappa shape index (κ3) is 2.07. The molecule has 0 aromatic carbocycles. The smallest absolute Gasteiger partial charge is 0.304 e. The zero-order chi connectivity index (χ0) is 11.5. The lowest BCUT2D eigenvalue weighted by molar-refractivity contribution is -0.114. The Bertz CT molecular complexity index is 450. The molecule has 16 heavy (non-hydrogen) atoms. The second-order valence-electron chi connectivity index (χ2n) is 2.91. The summed E-state index contributed by atoms with van der Waals surface area (Å²) < 4.78 is 1.00. The molecular formula is C8H8IN5O2. The summed E-state index contributed by atoms with van der Waals surface area (Å²) >= 11 is 2.15. The third-order valence-corrected chi connectivity index (χ3v) is 2.58. The van der Waals surface area contributed by atoms with E-state index in [-0.39, 0.29) is 12.6 Å². The first kappa shape index (κ1) is 11.1. The number of carbonyl (C=O) groups is 1. The lowest BCUT2D eigenvalue weighted by Gasteiger charge is -2.15. The van der Waals surface area contributed by atoms with Crippen LogP contribution in [0.3, 0.4) is 0 Å². The van der Waals surface area contributed by atoms with E-state index in [0.717, 1.165) is 3.57 Å². The molecule has 0 unspecified atom stereocenters. The normalized spacial score (nSPS) is 14.4. The molecule has 0 saturated heterocycles. The minimum Gasteiger partial charge on any atom is -0.371 e. The SMILES string of the molecule is NNC(=O)C1=NOCN1c1cc(I)ccn1. The molecule has 2 heterocycles. The second kappa shape index (κ2) is 4.61. The first-order chi connectivity index (χ1) is 7.72. The van der Waals surface area contributed by atoms with Gasteiger partial charge >= 0.3 is 5.91 Å². The number of nitrogens with two attached hydrogens (primary N) is 1. The molecule has 7 nitrogen and oxygen atoms in total. The maximum atomic E-state index is 11.4. The van der Waals surface area contributed by atoms with E-state index in [2.05, 4.69) is 32.7 Å². The van der Waals surface area contributed by atoms with E-state index in [1.54, 1.807) is 6.20 Å². The van der Waals surface area contributed by atoms with Gasteiger partial charge in [0.1, 0.15) is 5.82 Å². The molecule has 2 rings (SSSR count). The van der Waals surface area contributed by atoms with Crippen molar-refractivity contribution >= 4 is 40.2 Å². The van der Waals surface area contributed by atoms with Crippen molar-refractivity contribution in [1.29, 1.82) is 0 Å². The number of amidine groups is 1. The molecule has 1 amide bonds. The molecule has 0 radical (unpaired) electrons. The number of hydrogen-bond donors (Lipinski definition) is 2. The Morgan fingerprint density at radius 2 is 2.50 bits per heavy atom. The summed E-state index contributed by atoms with van der Waals surface area (Å²) in [7, 11) is 0. The molecule has 0 spiro atoms. The number of amides is 1. The van der Waals surface area contributed by atoms with E-state index < -0.39 is 5.91 Å². The van der Waals surface area contributed by atoms with Crippen molar-refractivity contribution in [1.82, 2.24) is 10.4 Å². The van der Waals surface area contributed by atoms with Crippen LogP contribution in [0.5, 0.6) is 0 Å². The van der Waals surface area contributed by atoms with Crippen LogP contribution in [0.15, 0.2) is 23.5 Å². The average Bonchev–Trinajstić information content (AvgIpc) is 2.77. The number of nitrogens with zero attached hydrogens (tertiary/aromatic N) is 3. The lowest BCUT2D eigenvalue weighted by atomic mass is 10.4. The Labute approximate surface area is 105 Å². The van der Waals surface area contributed by atoms with Crippen LogP contribution in [0.1, 0.15) is 0 Å². The Morgan fingerprint density at radius 1 is 1.69 bits per heavy atom. The molecule has 0 fully saturated rings. The third-order valence-electron chi connectivity index (χ3n) is 1.91. The molecule has 1 aromatic rings. The highest BCUT2D eigenvalue weighted by atomic mass is 127. The zero-order valence-electron chi connectivity index (χ0n) is 8.05. The number of anilines is 1. The highest BCUT2D eigenvalue weighted by Gasteiger charge is 2.27. The van der Waals surface area contributed by atoms with Crippen LogP contribution in [-0.2, 0) is 9.63 Å². The molecule has 8 heteroatoms. The van der Waals surface area contributed by atoms with Crippen LogP contribution in [0, 0.1) is 3.57 Å². The minimum atomic E-state index is -0.516. The fraction of sp³-hybridized carbons (Fsp3) is 0.125. The lowest BCUT2D eigenvalue weighted by Crippen LogP contribution is -2.44. The number of oxime groups is 1. The summed E-state index contributed by atoms with van der Waals surface area (Å²) in [5.41, 5.74) is 2.00. The number of rotatable bonds is 2. The molecular weight excluding hydrogens is 325 g/mol. The van der Waals surface area contributed by atoms with Gasteiger partial charge in [0.25, 0.3) is 0 Å². The Hall–Kier alpha value is -1.42. The molecule has 0 atom stereocenters. The van der Waals surface area contributed by atoms with Crippen molar-refractivity contribution in [3.63, 3.8) is 0 Å². The summed E-state index contributed by atoms with van der Waals surface area (Å²) in [6.45, 7) is 0.149. The van der Waals surface area contributed by atoms with Crippen molar-refractivity contribution < 1.29 is 9.63 Å². The standard InChI is InChI=1S/C8H8IN5O2/c9-5-1-2-11-6(3-5)14-4-16-13-7(14)8(15)12-10/h1-3H,4,10H2,(H,12,15). The number of hydrogen-bond acceptors (Lipinski definition) is 6. The Morgan fingerprint density at radius 3 is 3.19 bits per heavy atom. The quantitative estimate of drug-likeness (QED) is 0.338. The maximum absolute atomic E-state index is 11.4. The van der Waals surface area contributed by atoms with Crippen LogP contribution in [0.2, 0.25) is 0 Å². The molecule has 1 aromatic heterocycles. The van der Waals surface area contributed by atoms with Gasteiger partial charge in [-0.15, -0.1) is 0 Å². The Balaban J connectivity index is 2.28. The van der Waals surface area contributed by atoms with E-state index in [1.165, 1.54) is 4.90 Å². The van der Waals surface area contributed by atoms with Crippen LogP contribution in [0.4, 0.5) is 5.82 Å². The molecule has 3 N–H and O–H groups in total. The maximum Gasteiger partial charge on any atom is 0.304 e. The number of aromatic nitrogens is 1. The second-order valence-corrected chi connectivity index (χ2v) is 4.15. The topological polar surface area (TPSA) is 92.8 Å². The van der Waals surface area contributed by atoms with Crippen LogP contribution in [0.25, 0.3) is 0 Å². The summed E-state index contributed by atoms with van der Waals surface area (Å²) in [6, 6.07) is 3.66. The molecule has 0 bridgehead atoms. The van der Waals surface area contributed by atoms with Gasteiger partial charge in [-0.1, -0.05) is 5.16 Å². The van der Waals surface area contributed by atoms with Gasteiger partial charge in [-0.25, -0.2) is 10.8 Å². The summed E-state index contributed by atoms with van der Waals surface area (Å²) in [6.07, 6.45) is 1.65. The van der Waals surface area contributed by atoms with Crippen molar-refractivity contribution in [3.05, 3.63) is 21.9 Å². The summed E-state index contributed by atoms with van der Waals surface area (Å²) in [5, 5.41) is 3.60. The van der Waals surface area contributed by atoms with E-state index in [0.29, 0.717) is 5.82 Å². The highest BCUT2D eigenvalue weighted by Crippen LogP contribution is 2.17. The van der Waals surface area contributed by atoms with Gasteiger partial charge in [-0.05, 0) is 34.7 Å². The van der Waals surface area contributed by atoms with Crippen LogP contribution in [-0.4, -0.2) is 23.5 Å². The summed E-state index contributed by atoms with van der Waals surface area (Å²) in [5.74, 6) is 5.21. The van der Waals surface area contributed by atoms with Crippen molar-refractivity contribution in [2.45, 2.75) is 0 Å². The Kier molecular flexibility index (Phi) is 3.19. The van der Waals surface area contributed by atoms with Crippen molar-refractivity contribution in [2.24, 2.45) is 11.0 Å². The van der Waals surface area contributed by atoms with E-state index in [9.17, 15) is 4.79 Å². The van der Waals surface area contributed by atoms with E-state index in [4.69, 9.17) is 10.7 Å². The minimum absolute atomic E-state index is 0.0944. The molecule has 0 aliphatic carbocycles. The predicted molar refractivity (Wildman–Crippen MR) is 65.2 cm³/mol. The van der Waals surface area contributed by atoms with Gasteiger partial charge in [0.15, 0.2) is 6.73 Å². The first-order valence-corrected chi connectivity index (χ1v) is 5.40. The highest BCUT2D eigenvalue weighted by molar-refractivity contribution is 14.1. The zero-order valence-corrected chi connectivity index (χ0v) is 10.2. The molecule has 1 aliphatic rings. The van der Waals surface area contributed by atoms with Gasteiger partial charge in [-0.3, -0.25) is 15.1 Å². The van der Waals surface area contributed by atoms with Gasteiger partial charge in [0, 0.05) is 9.77 Å². The van der Waals surface area contributed by atoms with Crippen molar-refractivity contribution in [2.75, 3.05) is 11.6 Å². The number of carbonyl (C=O) groups excluding carboxylic acids is 1. The number of pyridine rings is 1. The van der Waals surface area contributed by atoms with Gasteiger partial charge in [-0.2, -0.15) is 0 Å². The van der Waals surface area contributed by atoms with E-state index in [1.807, 2.05) is 17.6 Å².